The molecule has 0 spiro atoms. The summed E-state index contributed by atoms with van der Waals surface area (Å²) in [5.74, 6) is 1.47. The fraction of sp³-hybridized carbons (Fsp3) is 0.389. The number of nitrogens with zero attached hydrogens (tertiary/aromatic N) is 2. The predicted molar refractivity (Wildman–Crippen MR) is 94.7 cm³/mol. The molecule has 2 aliphatic heterocycles. The molecule has 1 saturated heterocycles. The molecule has 25 heavy (non-hydrogen) atoms. The summed E-state index contributed by atoms with van der Waals surface area (Å²) in [5.41, 5.74) is 2.13. The van der Waals surface area contributed by atoms with Crippen LogP contribution in [0.5, 0.6) is 0 Å². The number of anilines is 1. The molecule has 2 aliphatic rings. The van der Waals surface area contributed by atoms with Crippen LogP contribution in [0.25, 0.3) is 0 Å². The number of nitrogens with one attached hydrogen (secondary N) is 1. The van der Waals surface area contributed by atoms with Gasteiger partial charge in [0.15, 0.2) is 0 Å². The highest BCUT2D eigenvalue weighted by molar-refractivity contribution is 7.99. The maximum Gasteiger partial charge on any atom is 0.254 e. The van der Waals surface area contributed by atoms with Gasteiger partial charge >= 0.3 is 0 Å². The first-order chi connectivity index (χ1) is 12.1. The van der Waals surface area contributed by atoms with Crippen LogP contribution in [0.4, 0.5) is 5.69 Å². The van der Waals surface area contributed by atoms with Gasteiger partial charge in [0, 0.05) is 35.2 Å². The Bertz CT molecular complexity index is 833. The number of benzene rings is 1. The van der Waals surface area contributed by atoms with E-state index in [0.29, 0.717) is 18.5 Å². The number of aryl methyl sites for hydroxylation is 1. The van der Waals surface area contributed by atoms with Crippen LogP contribution in [0.3, 0.4) is 0 Å². The van der Waals surface area contributed by atoms with Crippen LogP contribution in [0.1, 0.15) is 47.1 Å². The highest BCUT2D eigenvalue weighted by atomic mass is 32.2. The summed E-state index contributed by atoms with van der Waals surface area (Å²) in [6, 6.07) is 7.40. The van der Waals surface area contributed by atoms with Crippen molar-refractivity contribution in [3.05, 3.63) is 41.3 Å². The molecule has 0 bridgehead atoms. The van der Waals surface area contributed by atoms with Gasteiger partial charge in [-0.25, -0.2) is 0 Å². The molecule has 130 valence electrons. The molecule has 0 aliphatic carbocycles. The Morgan fingerprint density at radius 2 is 2.28 bits per heavy atom. The van der Waals surface area contributed by atoms with Crippen molar-refractivity contribution >= 4 is 29.3 Å². The highest BCUT2D eigenvalue weighted by Gasteiger charge is 2.33. The maximum atomic E-state index is 13.0. The molecule has 2 aromatic rings. The fourth-order valence-electron chi connectivity index (χ4n) is 3.38. The van der Waals surface area contributed by atoms with E-state index in [1.165, 1.54) is 0 Å². The zero-order valence-electron chi connectivity index (χ0n) is 13.9. The Morgan fingerprint density at radius 1 is 1.40 bits per heavy atom. The first-order valence-electron chi connectivity index (χ1n) is 8.43. The van der Waals surface area contributed by atoms with Crippen molar-refractivity contribution in [2.75, 3.05) is 17.6 Å². The van der Waals surface area contributed by atoms with E-state index in [2.05, 4.69) is 10.5 Å². The lowest BCUT2D eigenvalue weighted by atomic mass is 10.1. The number of fused-ring (bicyclic) bond motifs is 1. The molecule has 1 fully saturated rings. The summed E-state index contributed by atoms with van der Waals surface area (Å²) in [7, 11) is 0. The van der Waals surface area contributed by atoms with Gasteiger partial charge in [-0.05, 0) is 38.0 Å². The minimum Gasteiger partial charge on any atom is -0.361 e. The van der Waals surface area contributed by atoms with Crippen molar-refractivity contribution in [1.29, 1.82) is 0 Å². The van der Waals surface area contributed by atoms with E-state index in [-0.39, 0.29) is 17.9 Å². The number of aromatic nitrogens is 1. The second-order valence-corrected chi connectivity index (χ2v) is 7.51. The van der Waals surface area contributed by atoms with E-state index in [1.807, 2.05) is 30.0 Å². The number of carbonyl (C=O) groups excluding carboxylic acids is 2. The maximum absolute atomic E-state index is 13.0. The van der Waals surface area contributed by atoms with Gasteiger partial charge in [0.25, 0.3) is 5.91 Å². The van der Waals surface area contributed by atoms with Gasteiger partial charge < -0.3 is 14.7 Å². The molecular formula is C18H19N3O3S. The average molecular weight is 357 g/mol. The molecule has 4 rings (SSSR count). The third kappa shape index (κ3) is 3.16. The second-order valence-electron chi connectivity index (χ2n) is 6.38. The van der Waals surface area contributed by atoms with Crippen LogP contribution in [0.15, 0.2) is 33.7 Å². The Morgan fingerprint density at radius 3 is 3.08 bits per heavy atom. The van der Waals surface area contributed by atoms with Crippen LogP contribution < -0.4 is 5.32 Å². The van der Waals surface area contributed by atoms with Gasteiger partial charge in [-0.2, -0.15) is 0 Å². The van der Waals surface area contributed by atoms with Gasteiger partial charge in [0.05, 0.1) is 11.7 Å². The summed E-state index contributed by atoms with van der Waals surface area (Å²) in [4.78, 5) is 27.7. The SMILES string of the molecule is Cc1cc([C@@H]2CCCN2C(=O)c2ccc3c(c2)NC(=O)CCS3)no1. The normalized spacial score (nSPS) is 20.1. The van der Waals surface area contributed by atoms with Gasteiger partial charge in [-0.15, -0.1) is 11.8 Å². The van der Waals surface area contributed by atoms with Gasteiger partial charge in [-0.1, -0.05) is 5.16 Å². The summed E-state index contributed by atoms with van der Waals surface area (Å²) < 4.78 is 5.17. The molecule has 6 nitrogen and oxygen atoms in total. The quantitative estimate of drug-likeness (QED) is 0.891. The number of hydrogen-bond acceptors (Lipinski definition) is 5. The minimum absolute atomic E-state index is 0.00651. The third-order valence-corrected chi connectivity index (χ3v) is 5.66. The summed E-state index contributed by atoms with van der Waals surface area (Å²) in [6.45, 7) is 2.55. The molecule has 0 radical (unpaired) electrons. The molecule has 1 atom stereocenters. The van der Waals surface area contributed by atoms with Crippen molar-refractivity contribution in [2.24, 2.45) is 0 Å². The van der Waals surface area contributed by atoms with Crippen molar-refractivity contribution in [3.63, 3.8) is 0 Å². The van der Waals surface area contributed by atoms with Crippen molar-refractivity contribution in [2.45, 2.75) is 37.1 Å². The number of rotatable bonds is 2. The minimum atomic E-state index is -0.0484. The standard InChI is InChI=1S/C18H19N3O3S/c1-11-9-13(20-24-11)15-3-2-7-21(15)18(23)12-4-5-16-14(10-12)19-17(22)6-8-25-16/h4-5,9-10,15H,2-3,6-8H2,1H3,(H,19,22)/t15-/m0/s1. The first-order valence-corrected chi connectivity index (χ1v) is 9.41. The third-order valence-electron chi connectivity index (χ3n) is 4.59. The largest absolute Gasteiger partial charge is 0.361 e. The number of amides is 2. The van der Waals surface area contributed by atoms with E-state index in [9.17, 15) is 9.59 Å². The number of likely N-dealkylation sites (tertiary alicyclic amines) is 1. The smallest absolute Gasteiger partial charge is 0.254 e. The Balaban J connectivity index is 1.61. The average Bonchev–Trinajstić information content (AvgIpc) is 3.19. The Labute approximate surface area is 149 Å². The lowest BCUT2D eigenvalue weighted by Gasteiger charge is -2.23. The van der Waals surface area contributed by atoms with Gasteiger partial charge in [0.1, 0.15) is 11.5 Å². The lowest BCUT2D eigenvalue weighted by molar-refractivity contribution is -0.115. The predicted octanol–water partition coefficient (Wildman–Crippen LogP) is 3.39. The van der Waals surface area contributed by atoms with Crippen molar-refractivity contribution in [3.8, 4) is 0 Å². The van der Waals surface area contributed by atoms with Crippen molar-refractivity contribution < 1.29 is 14.1 Å². The monoisotopic (exact) mass is 357 g/mol. The zero-order chi connectivity index (χ0) is 17.4. The second kappa shape index (κ2) is 6.55. The van der Waals surface area contributed by atoms with E-state index >= 15 is 0 Å². The van der Waals surface area contributed by atoms with E-state index in [0.717, 1.165) is 40.6 Å². The zero-order valence-corrected chi connectivity index (χ0v) is 14.8. The number of hydrogen-bond donors (Lipinski definition) is 1. The van der Waals surface area contributed by atoms with Crippen LogP contribution in [-0.2, 0) is 4.79 Å². The Kier molecular flexibility index (Phi) is 4.25. The van der Waals surface area contributed by atoms with Crippen LogP contribution >= 0.6 is 11.8 Å². The van der Waals surface area contributed by atoms with E-state index < -0.39 is 0 Å². The molecular weight excluding hydrogens is 338 g/mol. The molecule has 0 saturated carbocycles. The molecule has 0 unspecified atom stereocenters. The molecule has 7 heteroatoms. The number of thioether (sulfide) groups is 1. The van der Waals surface area contributed by atoms with Crippen LogP contribution in [0, 0.1) is 6.92 Å². The molecule has 1 aromatic carbocycles. The highest BCUT2D eigenvalue weighted by Crippen LogP contribution is 2.35. The van der Waals surface area contributed by atoms with E-state index in [1.54, 1.807) is 17.8 Å². The van der Waals surface area contributed by atoms with Crippen molar-refractivity contribution in [1.82, 2.24) is 10.1 Å². The first kappa shape index (κ1) is 16.2. The Hall–Kier alpha value is -2.28. The van der Waals surface area contributed by atoms with Gasteiger partial charge in [0.2, 0.25) is 5.91 Å². The molecule has 2 amide bonds. The fourth-order valence-corrected chi connectivity index (χ4v) is 4.32. The van der Waals surface area contributed by atoms with Gasteiger partial charge in [-0.3, -0.25) is 9.59 Å². The molecule has 1 aromatic heterocycles. The molecule has 3 heterocycles. The van der Waals surface area contributed by atoms with E-state index in [4.69, 9.17) is 4.52 Å². The summed E-state index contributed by atoms with van der Waals surface area (Å²) in [5, 5.41) is 6.98. The van der Waals surface area contributed by atoms with Crippen LogP contribution in [0.2, 0.25) is 0 Å². The topological polar surface area (TPSA) is 75.4 Å². The summed E-state index contributed by atoms with van der Waals surface area (Å²) >= 11 is 1.64. The van der Waals surface area contributed by atoms with Crippen LogP contribution in [-0.4, -0.2) is 34.2 Å². The summed E-state index contributed by atoms with van der Waals surface area (Å²) in [6.07, 6.45) is 2.32. The number of carbonyl (C=O) groups is 2. The lowest BCUT2D eigenvalue weighted by Crippen LogP contribution is -2.30. The molecule has 1 N–H and O–H groups in total.